The molecule has 0 fully saturated rings. The zero-order chi connectivity index (χ0) is 11.4. The summed E-state index contributed by atoms with van der Waals surface area (Å²) in [4.78, 5) is 0. The molecule has 0 amide bonds. The van der Waals surface area contributed by atoms with E-state index in [0.717, 1.165) is 0 Å². The zero-order valence-corrected chi connectivity index (χ0v) is 8.36. The average molecular weight is 234 g/mol. The fourth-order valence-corrected chi connectivity index (χ4v) is 1.33. The molecule has 0 spiro atoms. The van der Waals surface area contributed by atoms with Crippen molar-refractivity contribution >= 4 is 10.0 Å². The summed E-state index contributed by atoms with van der Waals surface area (Å²) in [5.74, 6) is 0. The van der Waals surface area contributed by atoms with Gasteiger partial charge in [-0.1, -0.05) is 19.8 Å². The van der Waals surface area contributed by atoms with E-state index in [9.17, 15) is 26.8 Å². The Morgan fingerprint density at radius 3 is 2.14 bits per heavy atom. The van der Waals surface area contributed by atoms with Gasteiger partial charge in [0.2, 0.25) is 0 Å². The van der Waals surface area contributed by atoms with Gasteiger partial charge >= 0.3 is 15.5 Å². The number of halogens is 3. The van der Waals surface area contributed by atoms with Gasteiger partial charge in [-0.2, -0.15) is 13.2 Å². The zero-order valence-electron chi connectivity index (χ0n) is 7.54. The van der Waals surface area contributed by atoms with E-state index in [0.29, 0.717) is 12.8 Å². The summed E-state index contributed by atoms with van der Waals surface area (Å²) < 4.78 is 55.3. The van der Waals surface area contributed by atoms with E-state index < -0.39 is 26.5 Å². The van der Waals surface area contributed by atoms with Gasteiger partial charge in [0, 0.05) is 6.54 Å². The van der Waals surface area contributed by atoms with Crippen molar-refractivity contribution in [2.75, 3.05) is 6.54 Å². The van der Waals surface area contributed by atoms with Crippen LogP contribution in [0.1, 0.15) is 26.2 Å². The highest BCUT2D eigenvalue weighted by molar-refractivity contribution is 7.90. The molecule has 8 heteroatoms. The van der Waals surface area contributed by atoms with Gasteiger partial charge in [-0.05, 0) is 6.42 Å². The Hall–Kier alpha value is -0.340. The summed E-state index contributed by atoms with van der Waals surface area (Å²) in [7, 11) is -5.68. The van der Waals surface area contributed by atoms with Crippen molar-refractivity contribution in [1.82, 2.24) is 4.47 Å². The Morgan fingerprint density at radius 1 is 1.29 bits per heavy atom. The molecule has 0 bridgehead atoms. The summed E-state index contributed by atoms with van der Waals surface area (Å²) in [5.41, 5.74) is -5.50. The highest BCUT2D eigenvalue weighted by Gasteiger charge is 2.46. The number of rotatable bonds is 5. The third-order valence-corrected chi connectivity index (χ3v) is 2.81. The monoisotopic (exact) mass is 234 g/mol. The van der Waals surface area contributed by atoms with E-state index in [-0.39, 0.29) is 6.42 Å². The van der Waals surface area contributed by atoms with Crippen LogP contribution in [0.25, 0.3) is 0 Å². The van der Waals surface area contributed by atoms with Crippen molar-refractivity contribution in [3.05, 3.63) is 5.21 Å². The predicted molar refractivity (Wildman–Crippen MR) is 44.6 cm³/mol. The SMILES string of the molecule is CCCCCN([O-])S(=O)(=O)C(F)(F)F. The molecule has 0 aromatic heterocycles. The number of hydrogen-bond donors (Lipinski definition) is 0. The van der Waals surface area contributed by atoms with Gasteiger partial charge in [-0.15, -0.1) is 0 Å². The first kappa shape index (κ1) is 13.7. The van der Waals surface area contributed by atoms with E-state index in [2.05, 4.69) is 0 Å². The fraction of sp³-hybridized carbons (Fsp3) is 1.00. The summed E-state index contributed by atoms with van der Waals surface area (Å²) in [5, 5.41) is 10.6. The molecule has 0 N–H and O–H groups in total. The Morgan fingerprint density at radius 2 is 1.79 bits per heavy atom. The molecule has 0 rings (SSSR count). The van der Waals surface area contributed by atoms with E-state index in [1.54, 1.807) is 6.92 Å². The standard InChI is InChI=1S/C6H11F3NO3S/c1-2-3-4-5-10(11)14(12,13)6(7,8)9/h2-5H2,1H3/q-1. The average Bonchev–Trinajstić information content (AvgIpc) is 2.02. The predicted octanol–water partition coefficient (Wildman–Crippen LogP) is 1.83. The lowest BCUT2D eigenvalue weighted by Gasteiger charge is -2.27. The molecule has 0 heterocycles. The molecule has 0 aliphatic rings. The van der Waals surface area contributed by atoms with Crippen LogP contribution in [0.4, 0.5) is 13.2 Å². The van der Waals surface area contributed by atoms with Crippen molar-refractivity contribution in [1.29, 1.82) is 0 Å². The van der Waals surface area contributed by atoms with Crippen molar-refractivity contribution in [3.8, 4) is 0 Å². The number of alkyl halides is 3. The summed E-state index contributed by atoms with van der Waals surface area (Å²) >= 11 is 0. The number of unbranched alkanes of at least 4 members (excludes halogenated alkanes) is 2. The van der Waals surface area contributed by atoms with Crippen LogP contribution in [-0.2, 0) is 10.0 Å². The van der Waals surface area contributed by atoms with Gasteiger partial charge in [0.05, 0.1) is 0 Å². The lowest BCUT2D eigenvalue weighted by Crippen LogP contribution is -2.37. The molecule has 0 unspecified atom stereocenters. The third kappa shape index (κ3) is 3.43. The number of sulfonamides is 1. The minimum Gasteiger partial charge on any atom is -0.772 e. The Labute approximate surface area is 80.3 Å². The Bertz CT molecular complexity index is 262. The molecule has 0 saturated carbocycles. The minimum absolute atomic E-state index is 0.134. The molecule has 0 aliphatic carbocycles. The molecule has 0 atom stereocenters. The highest BCUT2D eigenvalue weighted by atomic mass is 32.2. The van der Waals surface area contributed by atoms with Gasteiger partial charge in [0.1, 0.15) is 0 Å². The largest absolute Gasteiger partial charge is 0.772 e. The van der Waals surface area contributed by atoms with Crippen LogP contribution in [0.15, 0.2) is 0 Å². The molecule has 4 nitrogen and oxygen atoms in total. The molecule has 0 radical (unpaired) electrons. The maximum Gasteiger partial charge on any atom is 0.510 e. The first-order chi connectivity index (χ1) is 6.23. The lowest BCUT2D eigenvalue weighted by molar-refractivity contribution is -0.0477. The van der Waals surface area contributed by atoms with E-state index >= 15 is 0 Å². The quantitative estimate of drug-likeness (QED) is 0.538. The van der Waals surface area contributed by atoms with E-state index in [4.69, 9.17) is 0 Å². The maximum absolute atomic E-state index is 11.8. The molecule has 14 heavy (non-hydrogen) atoms. The summed E-state index contributed by atoms with van der Waals surface area (Å²) in [6, 6.07) is 0. The smallest absolute Gasteiger partial charge is 0.510 e. The Balaban J connectivity index is 4.31. The lowest BCUT2D eigenvalue weighted by atomic mass is 10.3. The summed E-state index contributed by atoms with van der Waals surface area (Å²) in [6.07, 6.45) is 1.35. The second kappa shape index (κ2) is 4.94. The van der Waals surface area contributed by atoms with Crippen LogP contribution >= 0.6 is 0 Å². The van der Waals surface area contributed by atoms with Gasteiger partial charge in [0.15, 0.2) is 0 Å². The first-order valence-electron chi connectivity index (χ1n) is 3.99. The van der Waals surface area contributed by atoms with Crippen molar-refractivity contribution in [2.24, 2.45) is 0 Å². The number of hydroxylamine groups is 1. The van der Waals surface area contributed by atoms with Gasteiger partial charge in [-0.3, -0.25) is 4.47 Å². The number of nitrogens with zero attached hydrogens (tertiary/aromatic N) is 1. The highest BCUT2D eigenvalue weighted by Crippen LogP contribution is 2.26. The molecule has 0 aromatic carbocycles. The van der Waals surface area contributed by atoms with Crippen LogP contribution in [0.2, 0.25) is 0 Å². The van der Waals surface area contributed by atoms with Crippen molar-refractivity contribution in [3.63, 3.8) is 0 Å². The number of hydrogen-bond acceptors (Lipinski definition) is 3. The maximum atomic E-state index is 11.8. The first-order valence-corrected chi connectivity index (χ1v) is 5.43. The topological polar surface area (TPSA) is 60.4 Å². The third-order valence-electron chi connectivity index (χ3n) is 1.50. The normalized spacial score (nSPS) is 13.6. The van der Waals surface area contributed by atoms with Crippen LogP contribution in [0.3, 0.4) is 0 Å². The second-order valence-electron chi connectivity index (χ2n) is 2.68. The Kier molecular flexibility index (Phi) is 4.82. The van der Waals surface area contributed by atoms with Crippen LogP contribution < -0.4 is 0 Å². The summed E-state index contributed by atoms with van der Waals surface area (Å²) in [6.45, 7) is 1.14. The van der Waals surface area contributed by atoms with Crippen molar-refractivity contribution in [2.45, 2.75) is 31.7 Å². The van der Waals surface area contributed by atoms with E-state index in [1.807, 2.05) is 0 Å². The molecule has 86 valence electrons. The van der Waals surface area contributed by atoms with Gasteiger partial charge in [-0.25, -0.2) is 8.42 Å². The van der Waals surface area contributed by atoms with Crippen LogP contribution in [0.5, 0.6) is 0 Å². The molecule has 0 aromatic rings. The molecule has 0 aliphatic heterocycles. The minimum atomic E-state index is -5.68. The fourth-order valence-electron chi connectivity index (χ4n) is 0.727. The van der Waals surface area contributed by atoms with Crippen LogP contribution in [-0.4, -0.2) is 24.9 Å². The molecular formula is C6H11F3NO3S-. The van der Waals surface area contributed by atoms with Crippen LogP contribution in [0, 0.1) is 5.21 Å². The van der Waals surface area contributed by atoms with Gasteiger partial charge in [0.25, 0.3) is 0 Å². The van der Waals surface area contributed by atoms with E-state index in [1.165, 1.54) is 0 Å². The second-order valence-corrected chi connectivity index (χ2v) is 4.50. The molecule has 0 saturated heterocycles. The van der Waals surface area contributed by atoms with Gasteiger partial charge < -0.3 is 5.21 Å². The van der Waals surface area contributed by atoms with Crippen molar-refractivity contribution < 1.29 is 21.6 Å². The molecular weight excluding hydrogens is 223 g/mol.